The van der Waals surface area contributed by atoms with Crippen molar-refractivity contribution in [2.45, 2.75) is 26.3 Å². The number of nitrogens with zero attached hydrogens (tertiary/aromatic N) is 3. The molecule has 4 N–H and O–H groups in total. The molecule has 0 aliphatic rings. The van der Waals surface area contributed by atoms with E-state index in [9.17, 15) is 0 Å². The van der Waals surface area contributed by atoms with Gasteiger partial charge in [-0.05, 0) is 24.1 Å². The SMILES string of the molecule is CCCCOc1nc(NCCOCCOCCN)nc(NCc2cccc(OC)c2)n1. The summed E-state index contributed by atoms with van der Waals surface area (Å²) in [6, 6.07) is 8.09. The molecule has 172 valence electrons. The number of anilines is 2. The van der Waals surface area contributed by atoms with E-state index in [1.807, 2.05) is 24.3 Å². The Bertz CT molecular complexity index is 750. The molecular weight excluding hydrogens is 400 g/mol. The molecule has 0 atom stereocenters. The molecule has 0 unspecified atom stereocenters. The van der Waals surface area contributed by atoms with Crippen LogP contribution in [0.3, 0.4) is 0 Å². The lowest BCUT2D eigenvalue weighted by atomic mass is 10.2. The Balaban J connectivity index is 1.89. The van der Waals surface area contributed by atoms with Gasteiger partial charge in [-0.15, -0.1) is 0 Å². The van der Waals surface area contributed by atoms with E-state index < -0.39 is 0 Å². The van der Waals surface area contributed by atoms with Gasteiger partial charge in [0.25, 0.3) is 0 Å². The van der Waals surface area contributed by atoms with Crippen molar-refractivity contribution < 1.29 is 18.9 Å². The monoisotopic (exact) mass is 434 g/mol. The molecule has 0 radical (unpaired) electrons. The summed E-state index contributed by atoms with van der Waals surface area (Å²) in [6.07, 6.45) is 1.96. The van der Waals surface area contributed by atoms with Gasteiger partial charge in [-0.25, -0.2) is 0 Å². The fourth-order valence-corrected chi connectivity index (χ4v) is 2.49. The molecule has 0 saturated heterocycles. The molecule has 0 aliphatic heterocycles. The second kappa shape index (κ2) is 15.2. The predicted octanol–water partition coefficient (Wildman–Crippen LogP) is 2.08. The van der Waals surface area contributed by atoms with Crippen LogP contribution in [-0.4, -0.2) is 68.2 Å². The maximum absolute atomic E-state index is 5.68. The van der Waals surface area contributed by atoms with Crippen LogP contribution < -0.4 is 25.8 Å². The van der Waals surface area contributed by atoms with Crippen LogP contribution in [0.5, 0.6) is 11.8 Å². The Morgan fingerprint density at radius 2 is 1.71 bits per heavy atom. The standard InChI is InChI=1S/C21H34N6O4/c1-3-4-10-31-21-26-19(23-9-12-30-14-13-29-11-8-22)25-20(27-21)24-16-17-6-5-7-18(15-17)28-2/h5-7,15H,3-4,8-14,16,22H2,1-2H3,(H2,23,24,25,26,27). The summed E-state index contributed by atoms with van der Waals surface area (Å²) in [6.45, 7) is 6.33. The quantitative estimate of drug-likeness (QED) is 0.319. The minimum atomic E-state index is 0.287. The lowest BCUT2D eigenvalue weighted by molar-refractivity contribution is 0.0547. The van der Waals surface area contributed by atoms with Crippen molar-refractivity contribution in [3.63, 3.8) is 0 Å². The van der Waals surface area contributed by atoms with E-state index in [1.165, 1.54) is 0 Å². The fraction of sp³-hybridized carbons (Fsp3) is 0.571. The van der Waals surface area contributed by atoms with E-state index in [0.29, 0.717) is 64.6 Å². The van der Waals surface area contributed by atoms with Crippen molar-refractivity contribution in [3.05, 3.63) is 29.8 Å². The van der Waals surface area contributed by atoms with Gasteiger partial charge in [-0.2, -0.15) is 15.0 Å². The number of nitrogens with one attached hydrogen (secondary N) is 2. The van der Waals surface area contributed by atoms with E-state index in [-0.39, 0.29) is 6.01 Å². The number of aromatic nitrogens is 3. The minimum absolute atomic E-state index is 0.287. The molecule has 0 aliphatic carbocycles. The average Bonchev–Trinajstić information content (AvgIpc) is 2.80. The van der Waals surface area contributed by atoms with Gasteiger partial charge < -0.3 is 35.3 Å². The molecule has 1 aromatic carbocycles. The highest BCUT2D eigenvalue weighted by Gasteiger charge is 2.08. The van der Waals surface area contributed by atoms with Crippen molar-refractivity contribution in [1.82, 2.24) is 15.0 Å². The van der Waals surface area contributed by atoms with Crippen LogP contribution >= 0.6 is 0 Å². The largest absolute Gasteiger partial charge is 0.497 e. The van der Waals surface area contributed by atoms with Crippen LogP contribution in [-0.2, 0) is 16.0 Å². The molecule has 31 heavy (non-hydrogen) atoms. The van der Waals surface area contributed by atoms with E-state index in [2.05, 4.69) is 32.5 Å². The third kappa shape index (κ3) is 10.3. The maximum atomic E-state index is 5.68. The number of hydrogen-bond acceptors (Lipinski definition) is 10. The summed E-state index contributed by atoms with van der Waals surface area (Å²) in [5.41, 5.74) is 6.42. The summed E-state index contributed by atoms with van der Waals surface area (Å²) in [5.74, 6) is 1.66. The van der Waals surface area contributed by atoms with Crippen molar-refractivity contribution in [1.29, 1.82) is 0 Å². The zero-order chi connectivity index (χ0) is 22.2. The third-order valence-corrected chi connectivity index (χ3v) is 4.09. The summed E-state index contributed by atoms with van der Waals surface area (Å²) in [5, 5.41) is 6.36. The molecule has 1 aromatic heterocycles. The summed E-state index contributed by atoms with van der Waals surface area (Å²) in [4.78, 5) is 13.1. The topological polar surface area (TPSA) is 126 Å². The molecule has 0 spiro atoms. The molecule has 0 amide bonds. The first-order valence-corrected chi connectivity index (χ1v) is 10.6. The van der Waals surface area contributed by atoms with E-state index in [4.69, 9.17) is 24.7 Å². The lowest BCUT2D eigenvalue weighted by Gasteiger charge is -2.11. The van der Waals surface area contributed by atoms with Crippen LogP contribution in [0.25, 0.3) is 0 Å². The van der Waals surface area contributed by atoms with Gasteiger partial charge in [0, 0.05) is 19.6 Å². The van der Waals surface area contributed by atoms with Crippen molar-refractivity contribution in [2.75, 3.05) is 63.9 Å². The minimum Gasteiger partial charge on any atom is -0.497 e. The molecule has 10 nitrogen and oxygen atoms in total. The first-order valence-electron chi connectivity index (χ1n) is 10.6. The molecule has 10 heteroatoms. The van der Waals surface area contributed by atoms with Crippen molar-refractivity contribution in [3.8, 4) is 11.8 Å². The zero-order valence-corrected chi connectivity index (χ0v) is 18.4. The number of benzene rings is 1. The third-order valence-electron chi connectivity index (χ3n) is 4.09. The molecule has 0 bridgehead atoms. The van der Waals surface area contributed by atoms with Crippen molar-refractivity contribution in [2.24, 2.45) is 5.73 Å². The van der Waals surface area contributed by atoms with Crippen LogP contribution in [0.15, 0.2) is 24.3 Å². The van der Waals surface area contributed by atoms with Gasteiger partial charge in [0.1, 0.15) is 5.75 Å². The van der Waals surface area contributed by atoms with Crippen LogP contribution in [0, 0.1) is 0 Å². The molecule has 1 heterocycles. The van der Waals surface area contributed by atoms with Gasteiger partial charge in [-0.1, -0.05) is 25.5 Å². The first-order chi connectivity index (χ1) is 15.2. The first kappa shape index (κ1) is 24.6. The summed E-state index contributed by atoms with van der Waals surface area (Å²) < 4.78 is 21.7. The average molecular weight is 435 g/mol. The van der Waals surface area contributed by atoms with E-state index in [0.717, 1.165) is 24.2 Å². The Morgan fingerprint density at radius 1 is 0.935 bits per heavy atom. The highest BCUT2D eigenvalue weighted by Crippen LogP contribution is 2.15. The van der Waals surface area contributed by atoms with Crippen LogP contribution in [0.2, 0.25) is 0 Å². The second-order valence-corrected chi connectivity index (χ2v) is 6.61. The van der Waals surface area contributed by atoms with Gasteiger partial charge in [0.05, 0.1) is 40.1 Å². The van der Waals surface area contributed by atoms with Gasteiger partial charge >= 0.3 is 6.01 Å². The normalized spacial score (nSPS) is 10.7. The molecule has 2 aromatic rings. The molecule has 0 fully saturated rings. The smallest absolute Gasteiger partial charge is 0.323 e. The Kier molecular flexibility index (Phi) is 12.0. The van der Waals surface area contributed by atoms with Gasteiger partial charge in [-0.3, -0.25) is 0 Å². The Morgan fingerprint density at radius 3 is 2.45 bits per heavy atom. The molecule has 0 saturated carbocycles. The number of ether oxygens (including phenoxy) is 4. The van der Waals surface area contributed by atoms with E-state index >= 15 is 0 Å². The predicted molar refractivity (Wildman–Crippen MR) is 120 cm³/mol. The molecule has 2 rings (SSSR count). The second-order valence-electron chi connectivity index (χ2n) is 6.61. The van der Waals surface area contributed by atoms with Crippen LogP contribution in [0.4, 0.5) is 11.9 Å². The maximum Gasteiger partial charge on any atom is 0.323 e. The number of hydrogen-bond donors (Lipinski definition) is 3. The highest BCUT2D eigenvalue weighted by atomic mass is 16.5. The fourth-order valence-electron chi connectivity index (χ4n) is 2.49. The summed E-state index contributed by atoms with van der Waals surface area (Å²) in [7, 11) is 1.65. The Hall–Kier alpha value is -2.69. The van der Waals surface area contributed by atoms with Gasteiger partial charge in [0.15, 0.2) is 0 Å². The number of rotatable bonds is 17. The van der Waals surface area contributed by atoms with Crippen molar-refractivity contribution >= 4 is 11.9 Å². The molecular formula is C21H34N6O4. The number of nitrogens with two attached hydrogens (primary N) is 1. The number of methoxy groups -OCH3 is 1. The number of unbranched alkanes of at least 4 members (excludes halogenated alkanes) is 1. The van der Waals surface area contributed by atoms with Crippen LogP contribution in [0.1, 0.15) is 25.3 Å². The van der Waals surface area contributed by atoms with Gasteiger partial charge in [0.2, 0.25) is 11.9 Å². The highest BCUT2D eigenvalue weighted by molar-refractivity contribution is 5.37. The Labute approximate surface area is 183 Å². The lowest BCUT2D eigenvalue weighted by Crippen LogP contribution is -2.17. The van der Waals surface area contributed by atoms with E-state index in [1.54, 1.807) is 7.11 Å². The summed E-state index contributed by atoms with van der Waals surface area (Å²) >= 11 is 0. The zero-order valence-electron chi connectivity index (χ0n) is 18.4.